The van der Waals surface area contributed by atoms with Crippen LogP contribution in [0.25, 0.3) is 129 Å². The lowest BCUT2D eigenvalue weighted by atomic mass is 9.82. The number of hydrogen-bond acceptors (Lipinski definition) is 0. The van der Waals surface area contributed by atoms with Gasteiger partial charge < -0.3 is 19.9 Å². The Morgan fingerprint density at radius 3 is 0.400 bits per heavy atom. The molecule has 16 aromatic carbocycles. The van der Waals surface area contributed by atoms with Crippen LogP contribution in [0.1, 0.15) is 91.5 Å². The predicted octanol–water partition coefficient (Wildman–Crippen LogP) is 26.3. The van der Waals surface area contributed by atoms with Crippen molar-refractivity contribution >= 4 is 220 Å². The molecule has 0 amide bonds. The van der Waals surface area contributed by atoms with Crippen molar-refractivity contribution in [2.24, 2.45) is 0 Å². The second-order valence-corrected chi connectivity index (χ2v) is 32.1. The van der Waals surface area contributed by atoms with Crippen LogP contribution in [0.2, 0.25) is 0 Å². The average molecular weight is 1730 g/mol. The summed E-state index contributed by atoms with van der Waals surface area (Å²) in [5.41, 5.74) is 13.9. The quantitative estimate of drug-likeness (QED) is 0.100. The van der Waals surface area contributed by atoms with E-state index >= 15 is 0 Å². The van der Waals surface area contributed by atoms with E-state index in [1.807, 2.05) is 0 Å². The summed E-state index contributed by atoms with van der Waals surface area (Å²) in [5, 5.41) is 29.2. The number of H-pyrrole nitrogens is 4. The van der Waals surface area contributed by atoms with Crippen molar-refractivity contribution in [3.05, 3.63) is 373 Å². The first kappa shape index (κ1) is 59.5. The zero-order valence-corrected chi connectivity index (χ0v) is 62.2. The Morgan fingerprint density at radius 2 is 0.270 bits per heavy atom. The molecule has 0 saturated heterocycles. The topological polar surface area (TPSA) is 63.2 Å². The molecule has 0 radical (unpaired) electrons. The van der Waals surface area contributed by atoms with Gasteiger partial charge in [0.15, 0.2) is 0 Å². The third-order valence-electron chi connectivity index (χ3n) is 22.1. The summed E-state index contributed by atoms with van der Waals surface area (Å²) < 4.78 is 4.73. The third-order valence-corrected chi connectivity index (χ3v) is 25.0. The van der Waals surface area contributed by atoms with E-state index in [4.69, 9.17) is 19.9 Å². The van der Waals surface area contributed by atoms with Crippen molar-refractivity contribution in [2.75, 3.05) is 0 Å². The zero-order chi connectivity index (χ0) is 66.2. The molecule has 0 atom stereocenters. The SMILES string of the molecule is Ic1ccc(C2c3[nH]c(c4c5ccccc5c5ccccc5c34)C(c3ccc(I)cc3)c3[nH]c(c4c5ccccc5c5ccccc5c34)C(c3ccc(I)cc3)c3[nH]c(c4c5ccccc5c5ccccc5c34)C(c3ccc(I)cc3)c3[nH]c2c2c4ccccc4c4ccccc4c32)cc1. The number of nitrogens with one attached hydrogen (secondary N) is 4. The largest absolute Gasteiger partial charge is 0.360 e. The highest BCUT2D eigenvalue weighted by atomic mass is 127. The van der Waals surface area contributed by atoms with Gasteiger partial charge in [-0.15, -0.1) is 0 Å². The van der Waals surface area contributed by atoms with Gasteiger partial charge in [-0.2, -0.15) is 0 Å². The minimum absolute atomic E-state index is 0.381. The van der Waals surface area contributed by atoms with Crippen LogP contribution in [0.15, 0.2) is 291 Å². The fourth-order valence-corrected chi connectivity index (χ4v) is 19.6. The Morgan fingerprint density at radius 1 is 0.150 bits per heavy atom. The molecule has 4 N–H and O–H groups in total. The summed E-state index contributed by atoms with van der Waals surface area (Å²) in [5.74, 6) is -1.53. The number of rotatable bonds is 4. The number of halogens is 4. The van der Waals surface area contributed by atoms with Gasteiger partial charge in [-0.3, -0.25) is 0 Å². The van der Waals surface area contributed by atoms with E-state index in [0.29, 0.717) is 0 Å². The second-order valence-electron chi connectivity index (χ2n) is 27.1. The maximum absolute atomic E-state index is 4.69. The first-order chi connectivity index (χ1) is 49.3. The van der Waals surface area contributed by atoms with E-state index in [1.165, 1.54) is 166 Å². The Hall–Kier alpha value is -9.32. The molecule has 0 aliphatic heterocycles. The highest BCUT2D eigenvalue weighted by molar-refractivity contribution is 14.1. The van der Waals surface area contributed by atoms with Gasteiger partial charge >= 0.3 is 0 Å². The molecule has 472 valence electrons. The summed E-state index contributed by atoms with van der Waals surface area (Å²) in [4.78, 5) is 18.8. The highest BCUT2D eigenvalue weighted by Gasteiger charge is 2.40. The van der Waals surface area contributed by atoms with Crippen molar-refractivity contribution in [1.82, 2.24) is 19.9 Å². The molecular formula is C92H56I4N4. The fourth-order valence-electron chi connectivity index (χ4n) is 18.1. The number of hydrogen-bond donors (Lipinski definition) is 4. The molecular weight excluding hydrogens is 1670 g/mol. The second kappa shape index (κ2) is 23.1. The number of benzene rings is 16. The predicted molar refractivity (Wildman–Crippen MR) is 454 cm³/mol. The van der Waals surface area contributed by atoms with Gasteiger partial charge in [-0.25, -0.2) is 0 Å². The minimum atomic E-state index is -0.381. The van der Waals surface area contributed by atoms with Crippen LogP contribution in [0, 0.1) is 14.3 Å². The number of fused-ring (bicyclic) bond motifs is 12. The standard InChI is InChI=1S/C92H56I4N4/c93-53-41-33-49(34-42-53)73-85-77-65-25-9-1-17-57(65)58-18-2-10-26-66(58)78(77)86(97-85)74(50-35-43-54(94)44-36-50)88-81-69-29-13-5-21-61(69)62-22-6-14-30-70(62)82(81)90(99-88)76(52-39-47-56(96)48-40-52)92-84-72-32-16-8-24-64(72)63-23-7-15-31-71(63)83(84)91(100-92)75(51-37-45-55(95)46-38-51)89-80-68-28-12-4-20-60(68)59-19-3-11-27-67(59)79(80)87(73)98-89/h1-48,73-76,97-100H. The smallest absolute Gasteiger partial charge is 0.0654 e. The van der Waals surface area contributed by atoms with E-state index in [-0.39, 0.29) is 23.7 Å². The summed E-state index contributed by atoms with van der Waals surface area (Å²) in [6, 6.07) is 111. The highest BCUT2D eigenvalue weighted by Crippen LogP contribution is 2.57. The van der Waals surface area contributed by atoms with Crippen molar-refractivity contribution in [1.29, 1.82) is 0 Å². The maximum Gasteiger partial charge on any atom is 0.0654 e. The maximum atomic E-state index is 4.69. The van der Waals surface area contributed by atoms with Gasteiger partial charge in [0.1, 0.15) is 0 Å². The summed E-state index contributed by atoms with van der Waals surface area (Å²) in [7, 11) is 0. The lowest BCUT2D eigenvalue weighted by Crippen LogP contribution is -2.11. The van der Waals surface area contributed by atoms with Crippen LogP contribution >= 0.6 is 90.4 Å². The van der Waals surface area contributed by atoms with Crippen LogP contribution in [0.3, 0.4) is 0 Å². The van der Waals surface area contributed by atoms with E-state index in [9.17, 15) is 0 Å². The van der Waals surface area contributed by atoms with Crippen molar-refractivity contribution in [3.63, 3.8) is 0 Å². The monoisotopic (exact) mass is 1720 g/mol. The van der Waals surface area contributed by atoms with Crippen molar-refractivity contribution < 1.29 is 0 Å². The molecule has 1 aliphatic rings. The average Bonchev–Trinajstić information content (AvgIpc) is 1.52. The molecule has 4 aromatic heterocycles. The molecule has 0 fully saturated rings. The molecule has 0 spiro atoms. The molecule has 8 bridgehead atoms. The fraction of sp³-hybridized carbons (Fsp3) is 0.0435. The summed E-state index contributed by atoms with van der Waals surface area (Å²) in [6.45, 7) is 0. The lowest BCUT2D eigenvalue weighted by Gasteiger charge is -2.21. The third kappa shape index (κ3) is 8.78. The molecule has 4 nitrogen and oxygen atoms in total. The first-order valence-corrected chi connectivity index (χ1v) is 38.4. The van der Waals surface area contributed by atoms with Gasteiger partial charge in [0, 0.05) is 103 Å². The Labute approximate surface area is 629 Å². The van der Waals surface area contributed by atoms with Crippen molar-refractivity contribution in [2.45, 2.75) is 23.7 Å². The van der Waals surface area contributed by atoms with E-state index in [0.717, 1.165) is 45.6 Å². The normalized spacial score (nSPS) is 15.8. The molecule has 100 heavy (non-hydrogen) atoms. The van der Waals surface area contributed by atoms with Crippen LogP contribution in [0.5, 0.6) is 0 Å². The van der Waals surface area contributed by atoms with Gasteiger partial charge in [-0.05, 0) is 247 Å². The summed E-state index contributed by atoms with van der Waals surface area (Å²) >= 11 is 10.00. The van der Waals surface area contributed by atoms with Crippen molar-refractivity contribution in [3.8, 4) is 0 Å². The minimum Gasteiger partial charge on any atom is -0.360 e. The van der Waals surface area contributed by atoms with Crippen LogP contribution < -0.4 is 0 Å². The Balaban J connectivity index is 1.08. The lowest BCUT2D eigenvalue weighted by molar-refractivity contribution is 0.822. The molecule has 8 heteroatoms. The molecule has 21 rings (SSSR count). The van der Waals surface area contributed by atoms with E-state index < -0.39 is 0 Å². The van der Waals surface area contributed by atoms with Gasteiger partial charge in [0.2, 0.25) is 0 Å². The molecule has 0 saturated carbocycles. The first-order valence-electron chi connectivity index (χ1n) is 34.1. The van der Waals surface area contributed by atoms with Crippen LogP contribution in [-0.4, -0.2) is 19.9 Å². The van der Waals surface area contributed by atoms with E-state index in [2.05, 4.69) is 382 Å². The van der Waals surface area contributed by atoms with Gasteiger partial charge in [0.05, 0.1) is 23.7 Å². The van der Waals surface area contributed by atoms with Crippen LogP contribution in [-0.2, 0) is 0 Å². The molecule has 4 heterocycles. The Kier molecular flexibility index (Phi) is 13.8. The van der Waals surface area contributed by atoms with E-state index in [1.54, 1.807) is 0 Å². The van der Waals surface area contributed by atoms with Crippen LogP contribution in [0.4, 0.5) is 0 Å². The molecule has 20 aromatic rings. The van der Waals surface area contributed by atoms with Gasteiger partial charge in [-0.1, -0.05) is 243 Å². The molecule has 0 unspecified atom stereocenters. The number of aromatic amines is 4. The van der Waals surface area contributed by atoms with Gasteiger partial charge in [0.25, 0.3) is 0 Å². The number of aromatic nitrogens is 4. The zero-order valence-electron chi connectivity index (χ0n) is 53.5. The molecule has 1 aliphatic carbocycles. The Bertz CT molecular complexity index is 5700. The summed E-state index contributed by atoms with van der Waals surface area (Å²) in [6.07, 6.45) is 0.